The van der Waals surface area contributed by atoms with E-state index >= 15 is 0 Å². The molecule has 0 unspecified atom stereocenters. The van der Waals surface area contributed by atoms with Crippen molar-refractivity contribution in [2.75, 3.05) is 38.2 Å². The van der Waals surface area contributed by atoms with Crippen LogP contribution in [0.5, 0.6) is 5.88 Å². The maximum atomic E-state index is 5.23. The standard InChI is InChI=1S/C15H26N4O/c1-4-7-16-11-13-5-8-19(9-6-13)14-10-15(20-3)18-12(2)17-14/h10,13,16H,4-9,11H2,1-3H3. The van der Waals surface area contributed by atoms with E-state index < -0.39 is 0 Å². The minimum Gasteiger partial charge on any atom is -0.481 e. The van der Waals surface area contributed by atoms with Crippen molar-refractivity contribution < 1.29 is 4.74 Å². The van der Waals surface area contributed by atoms with Crippen LogP contribution in [0.1, 0.15) is 32.0 Å². The van der Waals surface area contributed by atoms with Gasteiger partial charge in [0.05, 0.1) is 7.11 Å². The lowest BCUT2D eigenvalue weighted by atomic mass is 9.97. The van der Waals surface area contributed by atoms with Crippen LogP contribution in [0.15, 0.2) is 6.07 Å². The van der Waals surface area contributed by atoms with Gasteiger partial charge < -0.3 is 15.0 Å². The molecular weight excluding hydrogens is 252 g/mol. The van der Waals surface area contributed by atoms with Gasteiger partial charge in [-0.05, 0) is 45.2 Å². The molecule has 1 N–H and O–H groups in total. The molecule has 0 saturated carbocycles. The summed E-state index contributed by atoms with van der Waals surface area (Å²) in [6.07, 6.45) is 3.66. The number of anilines is 1. The van der Waals surface area contributed by atoms with Crippen LogP contribution in [0.2, 0.25) is 0 Å². The Morgan fingerprint density at radius 1 is 1.35 bits per heavy atom. The number of rotatable bonds is 6. The molecule has 1 fully saturated rings. The van der Waals surface area contributed by atoms with E-state index in [1.807, 2.05) is 13.0 Å². The van der Waals surface area contributed by atoms with E-state index in [0.717, 1.165) is 43.7 Å². The smallest absolute Gasteiger partial charge is 0.218 e. The molecule has 112 valence electrons. The molecule has 2 rings (SSSR count). The first-order chi connectivity index (χ1) is 9.72. The quantitative estimate of drug-likeness (QED) is 0.807. The molecule has 0 aliphatic carbocycles. The summed E-state index contributed by atoms with van der Waals surface area (Å²) in [6, 6.07) is 1.93. The summed E-state index contributed by atoms with van der Waals surface area (Å²) in [6.45, 7) is 8.53. The first-order valence-electron chi connectivity index (χ1n) is 7.58. The molecule has 5 heteroatoms. The van der Waals surface area contributed by atoms with E-state index in [9.17, 15) is 0 Å². The fraction of sp³-hybridized carbons (Fsp3) is 0.733. The largest absolute Gasteiger partial charge is 0.481 e. The molecule has 0 amide bonds. The second kappa shape index (κ2) is 7.43. The number of piperidine rings is 1. The molecule has 20 heavy (non-hydrogen) atoms. The fourth-order valence-corrected chi connectivity index (χ4v) is 2.64. The molecule has 2 heterocycles. The highest BCUT2D eigenvalue weighted by molar-refractivity contribution is 5.42. The zero-order valence-electron chi connectivity index (χ0n) is 12.9. The number of hydrogen-bond acceptors (Lipinski definition) is 5. The summed E-state index contributed by atoms with van der Waals surface area (Å²) in [7, 11) is 1.65. The molecule has 0 radical (unpaired) electrons. The lowest BCUT2D eigenvalue weighted by molar-refractivity contribution is 0.379. The van der Waals surface area contributed by atoms with Gasteiger partial charge in [0.25, 0.3) is 0 Å². The zero-order chi connectivity index (χ0) is 14.4. The number of hydrogen-bond donors (Lipinski definition) is 1. The van der Waals surface area contributed by atoms with Gasteiger partial charge in [0.1, 0.15) is 11.6 Å². The van der Waals surface area contributed by atoms with E-state index in [1.54, 1.807) is 7.11 Å². The van der Waals surface area contributed by atoms with E-state index in [-0.39, 0.29) is 0 Å². The van der Waals surface area contributed by atoms with Crippen LogP contribution < -0.4 is 15.0 Å². The van der Waals surface area contributed by atoms with E-state index in [0.29, 0.717) is 5.88 Å². The van der Waals surface area contributed by atoms with Crippen molar-refractivity contribution >= 4 is 5.82 Å². The highest BCUT2D eigenvalue weighted by Gasteiger charge is 2.20. The summed E-state index contributed by atoms with van der Waals surface area (Å²) in [5.41, 5.74) is 0. The van der Waals surface area contributed by atoms with Gasteiger partial charge in [-0.1, -0.05) is 6.92 Å². The third-order valence-electron chi connectivity index (χ3n) is 3.81. The summed E-state index contributed by atoms with van der Waals surface area (Å²) >= 11 is 0. The van der Waals surface area contributed by atoms with Crippen molar-refractivity contribution in [2.45, 2.75) is 33.1 Å². The maximum Gasteiger partial charge on any atom is 0.218 e. The topological polar surface area (TPSA) is 50.3 Å². The van der Waals surface area contributed by atoms with Crippen LogP contribution >= 0.6 is 0 Å². The first kappa shape index (κ1) is 15.0. The molecule has 0 spiro atoms. The Hall–Kier alpha value is -1.36. The zero-order valence-corrected chi connectivity index (χ0v) is 12.9. The highest BCUT2D eigenvalue weighted by Crippen LogP contribution is 2.23. The third-order valence-corrected chi connectivity index (χ3v) is 3.81. The molecule has 1 aromatic rings. The fourth-order valence-electron chi connectivity index (χ4n) is 2.64. The van der Waals surface area contributed by atoms with Crippen LogP contribution in [0, 0.1) is 12.8 Å². The van der Waals surface area contributed by atoms with Crippen molar-refractivity contribution in [1.29, 1.82) is 0 Å². The molecule has 1 aliphatic rings. The first-order valence-corrected chi connectivity index (χ1v) is 7.58. The Morgan fingerprint density at radius 3 is 2.75 bits per heavy atom. The molecule has 1 aromatic heterocycles. The van der Waals surface area contributed by atoms with Gasteiger partial charge in [0.15, 0.2) is 0 Å². The van der Waals surface area contributed by atoms with Crippen molar-refractivity contribution in [3.63, 3.8) is 0 Å². The van der Waals surface area contributed by atoms with E-state index in [2.05, 4.69) is 27.1 Å². The van der Waals surface area contributed by atoms with Crippen LogP contribution in [0.3, 0.4) is 0 Å². The molecule has 0 atom stereocenters. The molecule has 0 aromatic carbocycles. The molecular formula is C15H26N4O. The predicted molar refractivity (Wildman–Crippen MR) is 81.4 cm³/mol. The van der Waals surface area contributed by atoms with Gasteiger partial charge in [-0.3, -0.25) is 0 Å². The number of methoxy groups -OCH3 is 1. The lowest BCUT2D eigenvalue weighted by Gasteiger charge is -2.33. The molecule has 1 aliphatic heterocycles. The Kier molecular flexibility index (Phi) is 5.59. The van der Waals surface area contributed by atoms with E-state index in [4.69, 9.17) is 4.74 Å². The van der Waals surface area contributed by atoms with Crippen LogP contribution in [-0.4, -0.2) is 43.3 Å². The number of nitrogens with one attached hydrogen (secondary N) is 1. The minimum absolute atomic E-state index is 0.652. The molecule has 0 bridgehead atoms. The number of aromatic nitrogens is 2. The van der Waals surface area contributed by atoms with Crippen molar-refractivity contribution in [3.8, 4) is 5.88 Å². The van der Waals surface area contributed by atoms with Crippen LogP contribution in [-0.2, 0) is 0 Å². The summed E-state index contributed by atoms with van der Waals surface area (Å²) in [4.78, 5) is 11.1. The normalized spacial score (nSPS) is 16.4. The van der Waals surface area contributed by atoms with Gasteiger partial charge in [0, 0.05) is 19.2 Å². The SMILES string of the molecule is CCCNCC1CCN(c2cc(OC)nc(C)n2)CC1. The summed E-state index contributed by atoms with van der Waals surface area (Å²) in [5.74, 6) is 3.21. The third kappa shape index (κ3) is 4.07. The Labute approximate surface area is 121 Å². The van der Waals surface area contributed by atoms with Crippen molar-refractivity contribution in [1.82, 2.24) is 15.3 Å². The van der Waals surface area contributed by atoms with Crippen LogP contribution in [0.4, 0.5) is 5.82 Å². The summed E-state index contributed by atoms with van der Waals surface area (Å²) < 4.78 is 5.23. The van der Waals surface area contributed by atoms with E-state index in [1.165, 1.54) is 19.3 Å². The Bertz CT molecular complexity index is 416. The monoisotopic (exact) mass is 278 g/mol. The van der Waals surface area contributed by atoms with Crippen LogP contribution in [0.25, 0.3) is 0 Å². The van der Waals surface area contributed by atoms with Gasteiger partial charge in [-0.15, -0.1) is 0 Å². The van der Waals surface area contributed by atoms with Gasteiger partial charge in [0.2, 0.25) is 5.88 Å². The van der Waals surface area contributed by atoms with Crippen molar-refractivity contribution in [2.24, 2.45) is 5.92 Å². The number of aryl methyl sites for hydroxylation is 1. The average molecular weight is 278 g/mol. The lowest BCUT2D eigenvalue weighted by Crippen LogP contribution is -2.38. The van der Waals surface area contributed by atoms with Gasteiger partial charge in [-0.2, -0.15) is 4.98 Å². The van der Waals surface area contributed by atoms with Gasteiger partial charge in [-0.25, -0.2) is 4.98 Å². The Morgan fingerprint density at radius 2 is 2.10 bits per heavy atom. The second-order valence-electron chi connectivity index (χ2n) is 5.45. The number of nitrogens with zero attached hydrogens (tertiary/aromatic N) is 3. The molecule has 5 nitrogen and oxygen atoms in total. The predicted octanol–water partition coefficient (Wildman–Crippen LogP) is 2.01. The second-order valence-corrected chi connectivity index (χ2v) is 5.45. The number of ether oxygens (including phenoxy) is 1. The summed E-state index contributed by atoms with van der Waals surface area (Å²) in [5, 5.41) is 3.52. The van der Waals surface area contributed by atoms with Gasteiger partial charge >= 0.3 is 0 Å². The average Bonchev–Trinajstić information content (AvgIpc) is 2.47. The van der Waals surface area contributed by atoms with Crippen molar-refractivity contribution in [3.05, 3.63) is 11.9 Å². The molecule has 1 saturated heterocycles. The highest BCUT2D eigenvalue weighted by atomic mass is 16.5. The Balaban J connectivity index is 1.88. The maximum absolute atomic E-state index is 5.23. The minimum atomic E-state index is 0.652.